The van der Waals surface area contributed by atoms with E-state index in [1.807, 2.05) is 54.1 Å². The van der Waals surface area contributed by atoms with Crippen LogP contribution in [0.2, 0.25) is 0 Å². The van der Waals surface area contributed by atoms with Crippen molar-refractivity contribution < 1.29 is 50.7 Å². The topological polar surface area (TPSA) is 195 Å². The molecule has 4 aliphatic rings. The quantitative estimate of drug-likeness (QED) is 0.0316. The Labute approximate surface area is 394 Å². The maximum atomic E-state index is 14.6. The van der Waals surface area contributed by atoms with Crippen LogP contribution in [0.25, 0.3) is 0 Å². The zero-order chi connectivity index (χ0) is 48.9. The van der Waals surface area contributed by atoms with E-state index in [1.54, 1.807) is 0 Å². The predicted octanol–water partition coefficient (Wildman–Crippen LogP) is 3.81. The number of carbonyl (C=O) groups is 5. The number of imide groups is 1. The number of hydrogen-bond donors (Lipinski definition) is 4. The molecule has 3 heterocycles. The lowest BCUT2D eigenvalue weighted by molar-refractivity contribution is -0.870. The molecule has 0 radical (unpaired) electrons. The highest BCUT2D eigenvalue weighted by molar-refractivity contribution is 7.85. The number of ketones is 1. The number of nitrogens with zero attached hydrogens (tertiary/aromatic N) is 4. The molecule has 0 saturated carbocycles. The number of Topliss-reactive ketones (excluding diaryl/α,β-unsaturated/α-hetero) is 1. The maximum Gasteiger partial charge on any atom is 0.267 e. The Bertz CT molecular complexity index is 2550. The molecule has 1 aliphatic carbocycles. The molecular formula is C50H67N7O9S+2. The van der Waals surface area contributed by atoms with Crippen LogP contribution < -0.4 is 20.9 Å². The fourth-order valence-electron chi connectivity index (χ4n) is 9.19. The standard InChI is InChI=1S/C50H65N7O9S/c1-49(2)36-17-9-11-19-39(36)54(5)41(49)31-34-46(35(47(34)61)32-42-50(3,4)37-18-10-12-20-40(37)55(42)26-15-16-28-57(6,7)8)53-38(33-67(63,64)65)48(62)52-24-14-13-21-43(58)51-25-29-66-30-27-56-44(59)22-23-45(56)60/h9-12,17-20,22-23,31-32,38H,13-16,21,24-30,33H2,1-8H3,(H2-2,51,52,53,58,61,62,63,64,65)/p+2. The number of anilines is 1. The maximum absolute atomic E-state index is 14.6. The number of allylic oxidation sites excluding steroid dienone is 5. The average Bonchev–Trinajstić information content (AvgIpc) is 3.77. The van der Waals surface area contributed by atoms with Gasteiger partial charge in [0, 0.05) is 78.3 Å². The summed E-state index contributed by atoms with van der Waals surface area (Å²) >= 11 is 0. The molecule has 67 heavy (non-hydrogen) atoms. The first-order chi connectivity index (χ1) is 31.5. The predicted molar refractivity (Wildman–Crippen MR) is 257 cm³/mol. The molecule has 0 bridgehead atoms. The Balaban J connectivity index is 1.20. The molecule has 0 saturated heterocycles. The van der Waals surface area contributed by atoms with Gasteiger partial charge in [-0.3, -0.25) is 33.4 Å². The van der Waals surface area contributed by atoms with E-state index in [1.165, 1.54) is 12.2 Å². The van der Waals surface area contributed by atoms with Gasteiger partial charge in [0.05, 0.1) is 64.1 Å². The van der Waals surface area contributed by atoms with E-state index in [4.69, 9.17) is 4.74 Å². The van der Waals surface area contributed by atoms with Crippen molar-refractivity contribution in [2.75, 3.05) is 84.8 Å². The first-order valence-electron chi connectivity index (χ1n) is 23.0. The summed E-state index contributed by atoms with van der Waals surface area (Å²) in [6.07, 6.45) is 8.97. The Kier molecular flexibility index (Phi) is 15.6. The molecule has 6 rings (SSSR count). The molecule has 360 valence electrons. The minimum Gasteiger partial charge on any atom is -0.378 e. The highest BCUT2D eigenvalue weighted by Gasteiger charge is 2.47. The molecule has 0 fully saturated rings. The summed E-state index contributed by atoms with van der Waals surface area (Å²) in [5.74, 6) is -2.92. The van der Waals surface area contributed by atoms with Crippen LogP contribution in [0.1, 0.15) is 70.9 Å². The van der Waals surface area contributed by atoms with Crippen LogP contribution in [0.4, 0.5) is 11.4 Å². The van der Waals surface area contributed by atoms with E-state index in [-0.39, 0.29) is 68.3 Å². The number of benzene rings is 2. The van der Waals surface area contributed by atoms with Gasteiger partial charge in [0.25, 0.3) is 21.9 Å². The third-order valence-electron chi connectivity index (χ3n) is 12.9. The summed E-state index contributed by atoms with van der Waals surface area (Å²) in [4.78, 5) is 67.6. The monoisotopic (exact) mass is 941 g/mol. The first kappa shape index (κ1) is 50.7. The lowest BCUT2D eigenvalue weighted by Gasteiger charge is -2.32. The van der Waals surface area contributed by atoms with Crippen LogP contribution >= 0.6 is 0 Å². The molecule has 1 unspecified atom stereocenters. The molecule has 2 aromatic rings. The van der Waals surface area contributed by atoms with Crippen LogP contribution in [-0.4, -0.2) is 148 Å². The van der Waals surface area contributed by atoms with Crippen molar-refractivity contribution >= 4 is 56.6 Å². The number of fused-ring (bicyclic) bond motifs is 2. The molecule has 4 N–H and O–H groups in total. The Morgan fingerprint density at radius 1 is 0.821 bits per heavy atom. The summed E-state index contributed by atoms with van der Waals surface area (Å²) in [6.45, 7) is 10.9. The number of unbranched alkanes of at least 4 members (excludes halogenated alkanes) is 2. The van der Waals surface area contributed by atoms with Gasteiger partial charge in [0.1, 0.15) is 18.8 Å². The molecule has 4 amide bonds. The van der Waals surface area contributed by atoms with Crippen molar-refractivity contribution in [1.82, 2.24) is 20.9 Å². The molecular weight excluding hydrogens is 875 g/mol. The van der Waals surface area contributed by atoms with E-state index < -0.39 is 38.6 Å². The Morgan fingerprint density at radius 3 is 2.16 bits per heavy atom. The summed E-state index contributed by atoms with van der Waals surface area (Å²) in [5, 5.41) is 8.64. The summed E-state index contributed by atoms with van der Waals surface area (Å²) in [5.41, 5.74) is 5.88. The van der Waals surface area contributed by atoms with E-state index in [2.05, 4.69) is 87.9 Å². The summed E-state index contributed by atoms with van der Waals surface area (Å²) in [6, 6.07) is 14.7. The fourth-order valence-corrected chi connectivity index (χ4v) is 9.85. The lowest BCUT2D eigenvalue weighted by Crippen LogP contribution is -2.50. The van der Waals surface area contributed by atoms with Crippen LogP contribution in [0.5, 0.6) is 0 Å². The minimum atomic E-state index is -4.70. The van der Waals surface area contributed by atoms with Gasteiger partial charge in [-0.05, 0) is 57.2 Å². The number of amides is 4. The van der Waals surface area contributed by atoms with E-state index in [0.29, 0.717) is 30.7 Å². The van der Waals surface area contributed by atoms with E-state index >= 15 is 0 Å². The van der Waals surface area contributed by atoms with Crippen LogP contribution in [0, 0.1) is 0 Å². The zero-order valence-electron chi connectivity index (χ0n) is 40.1. The number of ether oxygens (including phenoxy) is 1. The normalized spacial score (nSPS) is 19.1. The Morgan fingerprint density at radius 2 is 1.49 bits per heavy atom. The van der Waals surface area contributed by atoms with Gasteiger partial charge >= 0.3 is 0 Å². The SMILES string of the molecule is C[N+]1=C(C=C2C(=O)C(C=C3N(CCCC[N+](C)(C)C)c4ccccc4C3(C)C)=C2NC(CS(=O)(=O)O)C(=O)NCCCCC(=O)NCCOCCN2C(=O)C=CC2=O)C(C)(C)c2ccccc21. The highest BCUT2D eigenvalue weighted by atomic mass is 32.2. The van der Waals surface area contributed by atoms with Crippen molar-refractivity contribution in [2.24, 2.45) is 0 Å². The highest BCUT2D eigenvalue weighted by Crippen LogP contribution is 2.49. The Hall–Kier alpha value is -5.75. The second kappa shape index (κ2) is 20.6. The van der Waals surface area contributed by atoms with Crippen molar-refractivity contribution in [3.63, 3.8) is 0 Å². The first-order valence-corrected chi connectivity index (χ1v) is 24.6. The molecule has 0 spiro atoms. The summed E-state index contributed by atoms with van der Waals surface area (Å²) in [7, 11) is 3.75. The molecule has 2 aromatic carbocycles. The third kappa shape index (κ3) is 11.9. The number of para-hydroxylation sites is 2. The number of quaternary nitrogens is 1. The third-order valence-corrected chi connectivity index (χ3v) is 13.6. The molecule has 3 aliphatic heterocycles. The van der Waals surface area contributed by atoms with Gasteiger partial charge < -0.3 is 30.1 Å². The number of rotatable bonds is 23. The van der Waals surface area contributed by atoms with Crippen LogP contribution in [0.15, 0.2) is 95.4 Å². The van der Waals surface area contributed by atoms with Crippen molar-refractivity contribution in [2.45, 2.75) is 76.7 Å². The molecule has 0 aromatic heterocycles. The largest absolute Gasteiger partial charge is 0.378 e. The molecule has 17 heteroatoms. The summed E-state index contributed by atoms with van der Waals surface area (Å²) < 4.78 is 43.5. The average molecular weight is 942 g/mol. The van der Waals surface area contributed by atoms with Crippen molar-refractivity contribution in [3.05, 3.63) is 107 Å². The van der Waals surface area contributed by atoms with Gasteiger partial charge in [-0.1, -0.05) is 50.2 Å². The van der Waals surface area contributed by atoms with Crippen LogP contribution in [-0.2, 0) is 49.7 Å². The van der Waals surface area contributed by atoms with Gasteiger partial charge in [0.15, 0.2) is 11.5 Å². The smallest absolute Gasteiger partial charge is 0.267 e. The van der Waals surface area contributed by atoms with Gasteiger partial charge in [0.2, 0.25) is 17.5 Å². The lowest BCUT2D eigenvalue weighted by atomic mass is 9.77. The number of carbonyl (C=O) groups excluding carboxylic acids is 5. The van der Waals surface area contributed by atoms with Gasteiger partial charge in [-0.2, -0.15) is 13.0 Å². The molecule has 16 nitrogen and oxygen atoms in total. The number of hydrogen-bond acceptors (Lipinski definition) is 10. The van der Waals surface area contributed by atoms with Crippen molar-refractivity contribution in [1.29, 1.82) is 0 Å². The number of nitrogens with one attached hydrogen (secondary N) is 3. The van der Waals surface area contributed by atoms with Crippen LogP contribution in [0.3, 0.4) is 0 Å². The van der Waals surface area contributed by atoms with E-state index in [0.717, 1.165) is 62.7 Å². The fraction of sp³-hybridized carbons (Fsp3) is 0.480. The van der Waals surface area contributed by atoms with Crippen molar-refractivity contribution in [3.8, 4) is 0 Å². The second-order valence-corrected chi connectivity index (χ2v) is 21.1. The van der Waals surface area contributed by atoms with Gasteiger partial charge in [-0.15, -0.1) is 0 Å². The van der Waals surface area contributed by atoms with E-state index in [9.17, 15) is 36.9 Å². The molecule has 1 atom stereocenters. The minimum absolute atomic E-state index is 0.115. The van der Waals surface area contributed by atoms with Gasteiger partial charge in [-0.25, -0.2) is 0 Å². The second-order valence-electron chi connectivity index (χ2n) is 19.6. The zero-order valence-corrected chi connectivity index (χ0v) is 40.9.